The molecule has 2 unspecified atom stereocenters. The van der Waals surface area contributed by atoms with Crippen molar-refractivity contribution in [3.8, 4) is 0 Å². The summed E-state index contributed by atoms with van der Waals surface area (Å²) < 4.78 is 31.6. The first-order chi connectivity index (χ1) is 22.5. The van der Waals surface area contributed by atoms with Gasteiger partial charge in [0.05, 0.1) is 13.2 Å². The molecule has 2 saturated heterocycles. The molecule has 2 aliphatic rings. The van der Waals surface area contributed by atoms with Crippen LogP contribution in [-0.2, 0) is 39.9 Å². The topological polar surface area (TPSA) is 104 Å². The zero-order valence-electron chi connectivity index (χ0n) is 27.9. The normalized spacial score (nSPS) is 24.9. The Morgan fingerprint density at radius 3 is 2.15 bits per heavy atom. The van der Waals surface area contributed by atoms with Crippen molar-refractivity contribution >= 4 is 11.8 Å². The van der Waals surface area contributed by atoms with Gasteiger partial charge in [0.1, 0.15) is 30.5 Å². The van der Waals surface area contributed by atoms with Crippen molar-refractivity contribution in [2.24, 2.45) is 0 Å². The van der Waals surface area contributed by atoms with Crippen molar-refractivity contribution in [3.05, 3.63) is 71.8 Å². The summed E-state index contributed by atoms with van der Waals surface area (Å²) in [6.07, 6.45) is 8.19. The Hall–Kier alpha value is -2.82. The Balaban J connectivity index is 1.37. The molecule has 0 aromatic heterocycles. The number of carbonyl (C=O) groups is 2. The SMILES string of the molecule is CCCCCCCCCCCCNC(=O)C(C)O[C@@H]1[C@@H](NC(C)=O)[C@H](OCc2ccccc2)O[C@@H]2COC(c3ccccc3)O[C@@H]12. The van der Waals surface area contributed by atoms with Crippen molar-refractivity contribution < 1.29 is 33.3 Å². The van der Waals surface area contributed by atoms with E-state index >= 15 is 0 Å². The molecule has 7 atom stereocenters. The van der Waals surface area contributed by atoms with Crippen molar-refractivity contribution in [2.45, 2.75) is 135 Å². The van der Waals surface area contributed by atoms with Gasteiger partial charge in [0.15, 0.2) is 12.6 Å². The molecule has 9 nitrogen and oxygen atoms in total. The van der Waals surface area contributed by atoms with Gasteiger partial charge in [-0.2, -0.15) is 0 Å². The van der Waals surface area contributed by atoms with E-state index in [4.69, 9.17) is 23.7 Å². The molecule has 4 rings (SSSR count). The maximum Gasteiger partial charge on any atom is 0.248 e. The lowest BCUT2D eigenvalue weighted by atomic mass is 9.95. The van der Waals surface area contributed by atoms with Gasteiger partial charge in [0.2, 0.25) is 11.8 Å². The van der Waals surface area contributed by atoms with Crippen molar-refractivity contribution in [1.29, 1.82) is 0 Å². The number of hydrogen-bond acceptors (Lipinski definition) is 7. The van der Waals surface area contributed by atoms with Gasteiger partial charge in [-0.1, -0.05) is 125 Å². The zero-order valence-corrected chi connectivity index (χ0v) is 27.9. The molecular weight excluding hydrogens is 584 g/mol. The molecule has 0 radical (unpaired) electrons. The van der Waals surface area contributed by atoms with E-state index in [1.54, 1.807) is 6.92 Å². The second kappa shape index (κ2) is 19.8. The Labute approximate surface area is 275 Å². The summed E-state index contributed by atoms with van der Waals surface area (Å²) in [4.78, 5) is 25.6. The maximum atomic E-state index is 13.2. The van der Waals surface area contributed by atoms with E-state index in [2.05, 4.69) is 17.6 Å². The molecule has 2 aliphatic heterocycles. The molecule has 46 heavy (non-hydrogen) atoms. The Kier molecular flexibility index (Phi) is 15.5. The Morgan fingerprint density at radius 1 is 0.870 bits per heavy atom. The van der Waals surface area contributed by atoms with E-state index in [1.807, 2.05) is 60.7 Å². The third kappa shape index (κ3) is 11.5. The van der Waals surface area contributed by atoms with E-state index in [0.29, 0.717) is 6.54 Å². The predicted molar refractivity (Wildman–Crippen MR) is 177 cm³/mol. The minimum atomic E-state index is -0.849. The number of hydrogen-bond donors (Lipinski definition) is 2. The standard InChI is InChI=1S/C37H54N2O7/c1-4-5-6-7-8-9-10-11-12-19-24-38-35(41)27(2)44-34-32(39-28(3)40)37(42-25-29-20-15-13-16-21-29)45-31-26-43-36(46-33(31)34)30-22-17-14-18-23-30/h13-18,20-23,27,31-34,36-37H,4-12,19,24-26H2,1-3H3,(H,38,41)(H,39,40)/t27?,31-,32-,33-,34-,36?,37-/m1/s1. The van der Waals surface area contributed by atoms with Crippen molar-refractivity contribution in [3.63, 3.8) is 0 Å². The lowest BCUT2D eigenvalue weighted by Crippen LogP contribution is -2.68. The molecule has 2 fully saturated rings. The van der Waals surface area contributed by atoms with Crippen LogP contribution in [0, 0.1) is 0 Å². The van der Waals surface area contributed by atoms with Crippen LogP contribution < -0.4 is 10.6 Å². The van der Waals surface area contributed by atoms with E-state index in [-0.39, 0.29) is 25.0 Å². The molecule has 0 spiro atoms. The summed E-state index contributed by atoms with van der Waals surface area (Å²) in [6.45, 7) is 6.53. The Morgan fingerprint density at radius 2 is 1.50 bits per heavy atom. The van der Waals surface area contributed by atoms with E-state index in [1.165, 1.54) is 58.3 Å². The van der Waals surface area contributed by atoms with Crippen molar-refractivity contribution in [1.82, 2.24) is 10.6 Å². The monoisotopic (exact) mass is 638 g/mol. The van der Waals surface area contributed by atoms with Crippen LogP contribution in [0.4, 0.5) is 0 Å². The summed E-state index contributed by atoms with van der Waals surface area (Å²) >= 11 is 0. The van der Waals surface area contributed by atoms with E-state index < -0.39 is 43.0 Å². The van der Waals surface area contributed by atoms with Crippen LogP contribution in [0.1, 0.15) is 102 Å². The summed E-state index contributed by atoms with van der Waals surface area (Å²) in [7, 11) is 0. The van der Waals surface area contributed by atoms with Gasteiger partial charge in [-0.05, 0) is 18.9 Å². The number of unbranched alkanes of at least 4 members (excludes halogenated alkanes) is 9. The fourth-order valence-electron chi connectivity index (χ4n) is 6.06. The third-order valence-electron chi connectivity index (χ3n) is 8.60. The third-order valence-corrected chi connectivity index (χ3v) is 8.60. The second-order valence-electron chi connectivity index (χ2n) is 12.5. The van der Waals surface area contributed by atoms with E-state index in [9.17, 15) is 9.59 Å². The maximum absolute atomic E-state index is 13.2. The van der Waals surface area contributed by atoms with Gasteiger partial charge in [-0.3, -0.25) is 9.59 Å². The van der Waals surface area contributed by atoms with E-state index in [0.717, 1.165) is 24.0 Å². The smallest absolute Gasteiger partial charge is 0.248 e. The highest BCUT2D eigenvalue weighted by molar-refractivity contribution is 5.80. The average Bonchev–Trinajstić information content (AvgIpc) is 3.07. The minimum absolute atomic E-state index is 0.200. The van der Waals surface area contributed by atoms with Gasteiger partial charge in [0, 0.05) is 19.0 Å². The molecule has 9 heteroatoms. The molecule has 254 valence electrons. The first-order valence-corrected chi connectivity index (χ1v) is 17.3. The van der Waals surface area contributed by atoms with Crippen LogP contribution >= 0.6 is 0 Å². The Bertz CT molecular complexity index is 1150. The highest BCUT2D eigenvalue weighted by Gasteiger charge is 2.52. The quantitative estimate of drug-likeness (QED) is 0.173. The van der Waals surface area contributed by atoms with Gasteiger partial charge in [0.25, 0.3) is 0 Å². The van der Waals surface area contributed by atoms with Crippen LogP contribution in [0.3, 0.4) is 0 Å². The number of rotatable bonds is 19. The first kappa shape index (κ1) is 36.0. The van der Waals surface area contributed by atoms with Crippen LogP contribution in [-0.4, -0.2) is 61.7 Å². The molecule has 2 amide bonds. The van der Waals surface area contributed by atoms with Gasteiger partial charge >= 0.3 is 0 Å². The first-order valence-electron chi connectivity index (χ1n) is 17.3. The zero-order chi connectivity index (χ0) is 32.6. The fraction of sp³-hybridized carbons (Fsp3) is 0.622. The molecule has 0 bridgehead atoms. The molecule has 0 aliphatic carbocycles. The fourth-order valence-corrected chi connectivity index (χ4v) is 6.06. The van der Waals surface area contributed by atoms with Crippen LogP contribution in [0.25, 0.3) is 0 Å². The highest BCUT2D eigenvalue weighted by Crippen LogP contribution is 2.36. The lowest BCUT2D eigenvalue weighted by molar-refractivity contribution is -0.351. The van der Waals surface area contributed by atoms with Gasteiger partial charge < -0.3 is 34.3 Å². The highest BCUT2D eigenvalue weighted by atomic mass is 16.8. The van der Waals surface area contributed by atoms with Gasteiger partial charge in [-0.15, -0.1) is 0 Å². The molecule has 2 N–H and O–H groups in total. The molecule has 2 heterocycles. The number of ether oxygens (including phenoxy) is 5. The largest absolute Gasteiger partial charge is 0.360 e. The summed E-state index contributed by atoms with van der Waals surface area (Å²) in [5.74, 6) is -0.465. The minimum Gasteiger partial charge on any atom is -0.360 e. The molecule has 0 saturated carbocycles. The number of benzene rings is 2. The molecule has 2 aromatic rings. The summed E-state index contributed by atoms with van der Waals surface area (Å²) in [5.41, 5.74) is 1.83. The average molecular weight is 639 g/mol. The molecular formula is C37H54N2O7. The van der Waals surface area contributed by atoms with Crippen LogP contribution in [0.2, 0.25) is 0 Å². The summed E-state index contributed by atoms with van der Waals surface area (Å²) in [5, 5.41) is 6.01. The van der Waals surface area contributed by atoms with Crippen LogP contribution in [0.15, 0.2) is 60.7 Å². The second-order valence-corrected chi connectivity index (χ2v) is 12.5. The van der Waals surface area contributed by atoms with Crippen LogP contribution in [0.5, 0.6) is 0 Å². The predicted octanol–water partition coefficient (Wildman–Crippen LogP) is 6.36. The number of amides is 2. The summed E-state index contributed by atoms with van der Waals surface area (Å²) in [6, 6.07) is 18.7. The molecule has 2 aromatic carbocycles. The lowest BCUT2D eigenvalue weighted by Gasteiger charge is -2.49. The number of fused-ring (bicyclic) bond motifs is 1. The van der Waals surface area contributed by atoms with Crippen molar-refractivity contribution in [2.75, 3.05) is 13.2 Å². The number of carbonyl (C=O) groups excluding carboxylic acids is 2. The van der Waals surface area contributed by atoms with Gasteiger partial charge in [-0.25, -0.2) is 0 Å². The number of nitrogens with one attached hydrogen (secondary N) is 2.